The van der Waals surface area contributed by atoms with Gasteiger partial charge in [-0.1, -0.05) is 55.9 Å². The van der Waals surface area contributed by atoms with E-state index in [1.165, 1.54) is 11.8 Å². The molecule has 0 radical (unpaired) electrons. The van der Waals surface area contributed by atoms with Gasteiger partial charge in [0, 0.05) is 24.7 Å². The molecular weight excluding hydrogens is 346 g/mol. The summed E-state index contributed by atoms with van der Waals surface area (Å²) in [5.41, 5.74) is 1.92. The zero-order valence-corrected chi connectivity index (χ0v) is 16.3. The van der Waals surface area contributed by atoms with E-state index in [9.17, 15) is 4.79 Å². The number of aryl methyl sites for hydroxylation is 1. The number of thioether (sulfide) groups is 1. The van der Waals surface area contributed by atoms with Crippen LogP contribution in [-0.4, -0.2) is 47.1 Å². The van der Waals surface area contributed by atoms with Gasteiger partial charge < -0.3 is 9.64 Å². The van der Waals surface area contributed by atoms with E-state index in [2.05, 4.69) is 23.8 Å². The predicted octanol–water partition coefficient (Wildman–Crippen LogP) is 3.60. The Balaban J connectivity index is 1.90. The third-order valence-corrected chi connectivity index (χ3v) is 5.41. The van der Waals surface area contributed by atoms with Gasteiger partial charge in [0.25, 0.3) is 0 Å². The Labute approximate surface area is 159 Å². The molecule has 2 aromatic rings. The van der Waals surface area contributed by atoms with Gasteiger partial charge in [-0.2, -0.15) is 0 Å². The van der Waals surface area contributed by atoms with Gasteiger partial charge in [0.05, 0.1) is 13.2 Å². The molecule has 0 bridgehead atoms. The van der Waals surface area contributed by atoms with Crippen LogP contribution in [-0.2, 0) is 9.53 Å². The Morgan fingerprint density at radius 1 is 1.15 bits per heavy atom. The lowest BCUT2D eigenvalue weighted by Crippen LogP contribution is -2.42. The van der Waals surface area contributed by atoms with Crippen molar-refractivity contribution in [2.24, 2.45) is 0 Å². The van der Waals surface area contributed by atoms with Crippen LogP contribution in [0.5, 0.6) is 0 Å². The van der Waals surface area contributed by atoms with Gasteiger partial charge in [-0.05, 0) is 18.6 Å². The van der Waals surface area contributed by atoms with Crippen LogP contribution in [0.25, 0.3) is 0 Å². The first-order chi connectivity index (χ1) is 12.5. The maximum atomic E-state index is 13.2. The van der Waals surface area contributed by atoms with E-state index < -0.39 is 0 Å². The first kappa shape index (κ1) is 18.9. The van der Waals surface area contributed by atoms with E-state index in [1.54, 1.807) is 0 Å². The number of ether oxygens (including phenoxy) is 1. The fourth-order valence-electron chi connectivity index (χ4n) is 2.84. The van der Waals surface area contributed by atoms with Gasteiger partial charge in [0.2, 0.25) is 5.91 Å². The summed E-state index contributed by atoms with van der Waals surface area (Å²) in [5, 5.41) is 0.528. The SMILES string of the molecule is Cc1cc(S[C@@H](C(=O)N2CCOCC2)c2ccccc2)nc(C(C)C)n1. The van der Waals surface area contributed by atoms with Gasteiger partial charge in [0.1, 0.15) is 16.1 Å². The van der Waals surface area contributed by atoms with E-state index >= 15 is 0 Å². The van der Waals surface area contributed by atoms with Crippen molar-refractivity contribution in [2.75, 3.05) is 26.3 Å². The molecule has 0 unspecified atom stereocenters. The highest BCUT2D eigenvalue weighted by Crippen LogP contribution is 2.36. The van der Waals surface area contributed by atoms with Crippen molar-refractivity contribution in [1.29, 1.82) is 0 Å². The summed E-state index contributed by atoms with van der Waals surface area (Å²) in [4.78, 5) is 24.3. The number of carbonyl (C=O) groups is 1. The van der Waals surface area contributed by atoms with Crippen molar-refractivity contribution in [1.82, 2.24) is 14.9 Å². The van der Waals surface area contributed by atoms with Gasteiger partial charge >= 0.3 is 0 Å². The summed E-state index contributed by atoms with van der Waals surface area (Å²) in [6.07, 6.45) is 0. The van der Waals surface area contributed by atoms with Crippen molar-refractivity contribution in [3.05, 3.63) is 53.5 Å². The minimum atomic E-state index is -0.316. The van der Waals surface area contributed by atoms with E-state index in [4.69, 9.17) is 4.74 Å². The maximum absolute atomic E-state index is 13.2. The number of aromatic nitrogens is 2. The molecule has 0 N–H and O–H groups in total. The number of morpholine rings is 1. The highest BCUT2D eigenvalue weighted by atomic mass is 32.2. The maximum Gasteiger partial charge on any atom is 0.240 e. The van der Waals surface area contributed by atoms with Crippen LogP contribution in [0.2, 0.25) is 0 Å². The van der Waals surface area contributed by atoms with Crippen molar-refractivity contribution in [3.8, 4) is 0 Å². The first-order valence-electron chi connectivity index (χ1n) is 8.98. The quantitative estimate of drug-likeness (QED) is 0.594. The zero-order chi connectivity index (χ0) is 18.5. The molecule has 138 valence electrons. The van der Waals surface area contributed by atoms with Gasteiger partial charge in [-0.15, -0.1) is 0 Å². The molecule has 26 heavy (non-hydrogen) atoms. The molecule has 5 nitrogen and oxygen atoms in total. The van der Waals surface area contributed by atoms with Crippen molar-refractivity contribution < 1.29 is 9.53 Å². The molecule has 2 heterocycles. The molecular formula is C20H25N3O2S. The Morgan fingerprint density at radius 2 is 1.85 bits per heavy atom. The van der Waals surface area contributed by atoms with Gasteiger partial charge in [-0.3, -0.25) is 4.79 Å². The topological polar surface area (TPSA) is 55.3 Å². The van der Waals surface area contributed by atoms with E-state index in [0.717, 1.165) is 22.1 Å². The van der Waals surface area contributed by atoms with Gasteiger partial charge in [0.15, 0.2) is 0 Å². The highest BCUT2D eigenvalue weighted by Gasteiger charge is 2.28. The summed E-state index contributed by atoms with van der Waals surface area (Å²) >= 11 is 1.51. The van der Waals surface area contributed by atoms with Crippen LogP contribution >= 0.6 is 11.8 Å². The Morgan fingerprint density at radius 3 is 2.50 bits per heavy atom. The number of rotatable bonds is 5. The van der Waals surface area contributed by atoms with E-state index in [-0.39, 0.29) is 17.1 Å². The molecule has 1 aliphatic rings. The minimum Gasteiger partial charge on any atom is -0.378 e. The zero-order valence-electron chi connectivity index (χ0n) is 15.5. The molecule has 1 atom stereocenters. The lowest BCUT2D eigenvalue weighted by Gasteiger charge is -2.30. The second-order valence-corrected chi connectivity index (χ2v) is 7.83. The van der Waals surface area contributed by atoms with E-state index in [0.29, 0.717) is 26.3 Å². The number of hydrogen-bond donors (Lipinski definition) is 0. The summed E-state index contributed by atoms with van der Waals surface area (Å²) in [7, 11) is 0. The Hall–Kier alpha value is -1.92. The van der Waals surface area contributed by atoms with Crippen LogP contribution in [0, 0.1) is 6.92 Å². The van der Waals surface area contributed by atoms with Crippen molar-refractivity contribution in [3.63, 3.8) is 0 Å². The van der Waals surface area contributed by atoms with Crippen LogP contribution in [0.1, 0.15) is 42.1 Å². The normalized spacial score (nSPS) is 15.9. The van der Waals surface area contributed by atoms with Crippen LogP contribution < -0.4 is 0 Å². The van der Waals surface area contributed by atoms with Crippen LogP contribution in [0.3, 0.4) is 0 Å². The second kappa shape index (κ2) is 8.64. The Kier molecular flexibility index (Phi) is 6.27. The molecule has 1 amide bonds. The molecule has 6 heteroatoms. The second-order valence-electron chi connectivity index (χ2n) is 6.71. The minimum absolute atomic E-state index is 0.117. The van der Waals surface area contributed by atoms with E-state index in [1.807, 2.05) is 48.2 Å². The number of benzene rings is 1. The molecule has 1 aromatic carbocycles. The average Bonchev–Trinajstić information content (AvgIpc) is 2.66. The summed E-state index contributed by atoms with van der Waals surface area (Å²) < 4.78 is 5.39. The first-order valence-corrected chi connectivity index (χ1v) is 9.86. The molecule has 1 aliphatic heterocycles. The van der Waals surface area contributed by atoms with Crippen molar-refractivity contribution >= 4 is 17.7 Å². The summed E-state index contributed by atoms with van der Waals surface area (Å²) in [5.74, 6) is 1.18. The van der Waals surface area contributed by atoms with Crippen molar-refractivity contribution in [2.45, 2.75) is 37.0 Å². The molecule has 1 fully saturated rings. The fraction of sp³-hybridized carbons (Fsp3) is 0.450. The number of amides is 1. The number of carbonyl (C=O) groups excluding carboxylic acids is 1. The lowest BCUT2D eigenvalue weighted by atomic mass is 10.1. The fourth-order valence-corrected chi connectivity index (χ4v) is 4.01. The largest absolute Gasteiger partial charge is 0.378 e. The predicted molar refractivity (Wildman–Crippen MR) is 103 cm³/mol. The number of hydrogen-bond acceptors (Lipinski definition) is 5. The third-order valence-electron chi connectivity index (χ3n) is 4.25. The molecule has 3 rings (SSSR count). The summed E-state index contributed by atoms with van der Waals surface area (Å²) in [6, 6.07) is 11.9. The molecule has 0 spiro atoms. The van der Waals surface area contributed by atoms with Gasteiger partial charge in [-0.25, -0.2) is 9.97 Å². The highest BCUT2D eigenvalue weighted by molar-refractivity contribution is 8.00. The average molecular weight is 372 g/mol. The monoisotopic (exact) mass is 371 g/mol. The van der Waals surface area contributed by atoms with Crippen LogP contribution in [0.4, 0.5) is 0 Å². The molecule has 0 saturated carbocycles. The Bertz CT molecular complexity index is 746. The third kappa shape index (κ3) is 4.62. The molecule has 1 saturated heterocycles. The number of nitrogens with zero attached hydrogens (tertiary/aromatic N) is 3. The standard InChI is InChI=1S/C20H25N3O2S/c1-14(2)19-21-15(3)13-17(22-19)26-18(16-7-5-4-6-8-16)20(24)23-9-11-25-12-10-23/h4-8,13-14,18H,9-12H2,1-3H3/t18-/m1/s1. The molecule has 0 aliphatic carbocycles. The lowest BCUT2D eigenvalue weighted by molar-refractivity contribution is -0.134. The van der Waals surface area contributed by atoms with Crippen LogP contribution in [0.15, 0.2) is 41.4 Å². The smallest absolute Gasteiger partial charge is 0.240 e. The summed E-state index contributed by atoms with van der Waals surface area (Å²) in [6.45, 7) is 8.61. The molecule has 1 aromatic heterocycles.